The van der Waals surface area contributed by atoms with E-state index < -0.39 is 0 Å². The predicted molar refractivity (Wildman–Crippen MR) is 71.0 cm³/mol. The Hall–Kier alpha value is -1.88. The Balaban J connectivity index is 2.08. The number of hydrogen-bond acceptors (Lipinski definition) is 4. The molecule has 2 rings (SSSR count). The molecule has 1 aromatic carbocycles. The van der Waals surface area contributed by atoms with Gasteiger partial charge in [0.25, 0.3) is 0 Å². The summed E-state index contributed by atoms with van der Waals surface area (Å²) in [7, 11) is 0. The van der Waals surface area contributed by atoms with Crippen LogP contribution in [-0.4, -0.2) is 21.1 Å². The number of amides is 1. The highest BCUT2D eigenvalue weighted by Gasteiger charge is 2.18. The van der Waals surface area contributed by atoms with Gasteiger partial charge in [-0.2, -0.15) is 0 Å². The van der Waals surface area contributed by atoms with Crippen molar-refractivity contribution in [3.8, 4) is 0 Å². The van der Waals surface area contributed by atoms with Gasteiger partial charge in [-0.05, 0) is 18.1 Å². The van der Waals surface area contributed by atoms with Gasteiger partial charge in [-0.25, -0.2) is 9.97 Å². The number of nitrogens with zero attached hydrogens (tertiary/aromatic N) is 2. The molecule has 18 heavy (non-hydrogen) atoms. The molecular formula is C13H13N3OS. The maximum atomic E-state index is 11.5. The molecule has 0 fully saturated rings. The zero-order chi connectivity index (χ0) is 12.8. The molecule has 0 aliphatic rings. The molecule has 2 N–H and O–H groups in total. The summed E-state index contributed by atoms with van der Waals surface area (Å²) in [6.45, 7) is 0. The van der Waals surface area contributed by atoms with Gasteiger partial charge in [-0.1, -0.05) is 42.1 Å². The van der Waals surface area contributed by atoms with E-state index in [1.807, 2.05) is 30.3 Å². The van der Waals surface area contributed by atoms with Gasteiger partial charge in [0.15, 0.2) is 0 Å². The van der Waals surface area contributed by atoms with Gasteiger partial charge in [0, 0.05) is 6.20 Å². The Morgan fingerprint density at radius 1 is 1.28 bits per heavy atom. The molecule has 1 amide bonds. The lowest BCUT2D eigenvalue weighted by Crippen LogP contribution is -2.27. The molecule has 0 radical (unpaired) electrons. The summed E-state index contributed by atoms with van der Waals surface area (Å²) < 4.78 is 0. The lowest BCUT2D eigenvalue weighted by molar-refractivity contribution is -0.117. The number of carbonyl (C=O) groups is 1. The fourth-order valence-corrected chi connectivity index (χ4v) is 2.45. The Bertz CT molecular complexity index is 463. The summed E-state index contributed by atoms with van der Waals surface area (Å²) in [4.78, 5) is 19.4. The molecule has 0 bridgehead atoms. The number of primary amides is 1. The van der Waals surface area contributed by atoms with Crippen molar-refractivity contribution in [3.05, 3.63) is 54.5 Å². The first kappa shape index (κ1) is 12.6. The second kappa shape index (κ2) is 6.16. The highest BCUT2D eigenvalue weighted by molar-refractivity contribution is 8.00. The third-order valence-corrected chi connectivity index (χ3v) is 3.57. The average molecular weight is 259 g/mol. The first-order valence-electron chi connectivity index (χ1n) is 5.51. The molecule has 1 aromatic heterocycles. The van der Waals surface area contributed by atoms with Crippen molar-refractivity contribution in [2.24, 2.45) is 5.73 Å². The molecule has 0 aliphatic carbocycles. The van der Waals surface area contributed by atoms with Crippen molar-refractivity contribution in [2.45, 2.75) is 16.7 Å². The van der Waals surface area contributed by atoms with Crippen LogP contribution in [0.15, 0.2) is 53.9 Å². The molecule has 5 heteroatoms. The van der Waals surface area contributed by atoms with Crippen LogP contribution in [0, 0.1) is 0 Å². The van der Waals surface area contributed by atoms with E-state index >= 15 is 0 Å². The number of aromatic nitrogens is 2. The van der Waals surface area contributed by atoms with Gasteiger partial charge in [0.05, 0.1) is 5.25 Å². The van der Waals surface area contributed by atoms with Crippen LogP contribution in [0.3, 0.4) is 0 Å². The summed E-state index contributed by atoms with van der Waals surface area (Å²) in [5, 5.41) is 0.437. The van der Waals surface area contributed by atoms with E-state index in [4.69, 9.17) is 5.73 Å². The average Bonchev–Trinajstić information content (AvgIpc) is 2.40. The third-order valence-electron chi connectivity index (χ3n) is 2.40. The smallest absolute Gasteiger partial charge is 0.231 e. The largest absolute Gasteiger partial charge is 0.369 e. The first-order valence-corrected chi connectivity index (χ1v) is 6.39. The second-order valence-corrected chi connectivity index (χ2v) is 4.97. The molecule has 92 valence electrons. The molecule has 0 saturated carbocycles. The summed E-state index contributed by atoms with van der Waals surface area (Å²) in [5.41, 5.74) is 6.52. The van der Waals surface area contributed by atoms with Crippen molar-refractivity contribution in [2.75, 3.05) is 0 Å². The molecule has 2 aromatic rings. The van der Waals surface area contributed by atoms with E-state index in [2.05, 4.69) is 9.97 Å². The Labute approximate surface area is 110 Å². The van der Waals surface area contributed by atoms with Crippen LogP contribution < -0.4 is 5.73 Å². The van der Waals surface area contributed by atoms with Crippen LogP contribution in [0.4, 0.5) is 0 Å². The Morgan fingerprint density at radius 2 is 2.06 bits per heavy atom. The van der Waals surface area contributed by atoms with Gasteiger partial charge in [0.2, 0.25) is 5.91 Å². The van der Waals surface area contributed by atoms with Crippen LogP contribution in [-0.2, 0) is 11.2 Å². The highest BCUT2D eigenvalue weighted by atomic mass is 32.2. The normalized spacial score (nSPS) is 12.0. The van der Waals surface area contributed by atoms with Crippen molar-refractivity contribution in [3.63, 3.8) is 0 Å². The fraction of sp³-hybridized carbons (Fsp3) is 0.154. The highest BCUT2D eigenvalue weighted by Crippen LogP contribution is 2.23. The zero-order valence-corrected chi connectivity index (χ0v) is 10.5. The number of carbonyl (C=O) groups excluding carboxylic acids is 1. The summed E-state index contributed by atoms with van der Waals surface area (Å²) in [5.74, 6) is -0.331. The molecule has 4 nitrogen and oxygen atoms in total. The van der Waals surface area contributed by atoms with Crippen LogP contribution in [0.25, 0.3) is 0 Å². The molecule has 0 spiro atoms. The topological polar surface area (TPSA) is 68.9 Å². The van der Waals surface area contributed by atoms with Crippen molar-refractivity contribution in [1.82, 2.24) is 9.97 Å². The summed E-state index contributed by atoms with van der Waals surface area (Å²) in [6, 6.07) is 11.6. The molecule has 0 saturated heterocycles. The molecule has 0 aliphatic heterocycles. The van der Waals surface area contributed by atoms with Gasteiger partial charge < -0.3 is 5.73 Å². The van der Waals surface area contributed by atoms with E-state index in [1.54, 1.807) is 12.3 Å². The van der Waals surface area contributed by atoms with Crippen molar-refractivity contribution >= 4 is 17.7 Å². The SMILES string of the molecule is NC(=O)C(Cc1ccccc1)Sc1ccncn1. The van der Waals surface area contributed by atoms with E-state index in [-0.39, 0.29) is 11.2 Å². The minimum absolute atomic E-state index is 0.317. The Morgan fingerprint density at radius 3 is 2.67 bits per heavy atom. The lowest BCUT2D eigenvalue weighted by Gasteiger charge is -2.12. The number of thioether (sulfide) groups is 1. The summed E-state index contributed by atoms with van der Waals surface area (Å²) in [6.07, 6.45) is 3.71. The number of nitrogens with two attached hydrogens (primary N) is 1. The van der Waals surface area contributed by atoms with Crippen LogP contribution >= 0.6 is 11.8 Å². The maximum absolute atomic E-state index is 11.5. The van der Waals surface area contributed by atoms with E-state index in [9.17, 15) is 4.79 Å². The van der Waals surface area contributed by atoms with E-state index in [0.29, 0.717) is 6.42 Å². The number of hydrogen-bond donors (Lipinski definition) is 1. The summed E-state index contributed by atoms with van der Waals surface area (Å²) >= 11 is 1.37. The van der Waals surface area contributed by atoms with Crippen LogP contribution in [0.5, 0.6) is 0 Å². The number of benzene rings is 1. The second-order valence-electron chi connectivity index (χ2n) is 3.75. The van der Waals surface area contributed by atoms with Gasteiger partial charge >= 0.3 is 0 Å². The molecule has 1 atom stereocenters. The molecule has 1 unspecified atom stereocenters. The minimum atomic E-state index is -0.331. The van der Waals surface area contributed by atoms with Gasteiger partial charge in [-0.3, -0.25) is 4.79 Å². The molecule has 1 heterocycles. The fourth-order valence-electron chi connectivity index (χ4n) is 1.52. The Kier molecular flexibility index (Phi) is 4.30. The third kappa shape index (κ3) is 3.56. The minimum Gasteiger partial charge on any atom is -0.369 e. The van der Waals surface area contributed by atoms with Crippen LogP contribution in [0.2, 0.25) is 0 Å². The van der Waals surface area contributed by atoms with E-state index in [1.165, 1.54) is 18.1 Å². The van der Waals surface area contributed by atoms with Gasteiger partial charge in [0.1, 0.15) is 11.4 Å². The first-order chi connectivity index (χ1) is 8.75. The van der Waals surface area contributed by atoms with Crippen molar-refractivity contribution < 1.29 is 4.79 Å². The number of rotatable bonds is 5. The predicted octanol–water partition coefficient (Wildman–Crippen LogP) is 1.67. The maximum Gasteiger partial charge on any atom is 0.231 e. The van der Waals surface area contributed by atoms with E-state index in [0.717, 1.165) is 10.6 Å². The monoisotopic (exact) mass is 259 g/mol. The van der Waals surface area contributed by atoms with Crippen LogP contribution in [0.1, 0.15) is 5.56 Å². The molecular weight excluding hydrogens is 246 g/mol. The zero-order valence-electron chi connectivity index (χ0n) is 9.69. The van der Waals surface area contributed by atoms with Crippen molar-refractivity contribution in [1.29, 1.82) is 0 Å². The standard InChI is InChI=1S/C13H13N3OS/c14-13(17)11(8-10-4-2-1-3-5-10)18-12-6-7-15-9-16-12/h1-7,9,11H,8H2,(H2,14,17). The lowest BCUT2D eigenvalue weighted by atomic mass is 10.1. The quantitative estimate of drug-likeness (QED) is 0.655. The van der Waals surface area contributed by atoms with Gasteiger partial charge in [-0.15, -0.1) is 0 Å².